The summed E-state index contributed by atoms with van der Waals surface area (Å²) in [7, 11) is -0.639. The number of fused-ring (bicyclic) bond motifs is 7. The molecule has 4 heteroatoms. The van der Waals surface area contributed by atoms with E-state index in [1.165, 1.54) is 78.1 Å². The van der Waals surface area contributed by atoms with E-state index in [9.17, 15) is 0 Å². The molecule has 1 atom stereocenters. The second-order valence-electron chi connectivity index (χ2n) is 10.4. The van der Waals surface area contributed by atoms with Crippen molar-refractivity contribution in [3.8, 4) is 5.69 Å². The number of nitrogens with zero attached hydrogens (tertiary/aromatic N) is 1. The van der Waals surface area contributed by atoms with Gasteiger partial charge in [-0.15, -0.1) is 11.3 Å². The van der Waals surface area contributed by atoms with E-state index >= 15 is 0 Å². The molecule has 1 aliphatic rings. The molecule has 1 nitrogen and oxygen atoms in total. The van der Waals surface area contributed by atoms with Crippen LogP contribution >= 0.6 is 34.0 Å². The average Bonchev–Trinajstić information content (AvgIpc) is 3.47. The third-order valence-corrected chi connectivity index (χ3v) is 13.3. The summed E-state index contributed by atoms with van der Waals surface area (Å²) in [5.74, 6) is 0. The molecule has 0 bridgehead atoms. The number of para-hydroxylation sites is 1. The molecule has 0 aliphatic carbocycles. The molecule has 0 fully saturated rings. The van der Waals surface area contributed by atoms with E-state index in [0.29, 0.717) is 0 Å². The smallest absolute Gasteiger partial charge is 0.0727 e. The van der Waals surface area contributed by atoms with Crippen LogP contribution in [-0.2, 0) is 0 Å². The molecule has 0 spiro atoms. The Morgan fingerprint density at radius 1 is 0.641 bits per heavy atom. The summed E-state index contributed by atoms with van der Waals surface area (Å²) in [5, 5.41) is 2.66. The van der Waals surface area contributed by atoms with Gasteiger partial charge in [-0.1, -0.05) is 78.0 Å². The molecule has 39 heavy (non-hydrogen) atoms. The van der Waals surface area contributed by atoms with E-state index in [0.717, 1.165) is 0 Å². The first-order valence-electron chi connectivity index (χ1n) is 13.3. The largest absolute Gasteiger partial charge is 0.308 e. The van der Waals surface area contributed by atoms with Crippen molar-refractivity contribution in [3.05, 3.63) is 120 Å². The highest BCUT2D eigenvalue weighted by Gasteiger charge is 2.28. The number of hydrogen-bond donors (Lipinski definition) is 1. The Labute approximate surface area is 239 Å². The lowest BCUT2D eigenvalue weighted by molar-refractivity contribution is 1.08. The second-order valence-corrected chi connectivity index (χ2v) is 14.7. The molecular formula is C35H27NS3. The summed E-state index contributed by atoms with van der Waals surface area (Å²) in [4.78, 5) is 7.22. The summed E-state index contributed by atoms with van der Waals surface area (Å²) >= 11 is 3.83. The maximum Gasteiger partial charge on any atom is 0.0727 e. The van der Waals surface area contributed by atoms with Crippen LogP contribution in [0.3, 0.4) is 0 Å². The van der Waals surface area contributed by atoms with Crippen LogP contribution < -0.4 is 0 Å². The fraction of sp³-hybridized carbons (Fsp3) is 0.0857. The minimum Gasteiger partial charge on any atom is -0.308 e. The van der Waals surface area contributed by atoms with Gasteiger partial charge in [0.25, 0.3) is 0 Å². The fourth-order valence-electron chi connectivity index (χ4n) is 6.34. The third kappa shape index (κ3) is 3.48. The van der Waals surface area contributed by atoms with E-state index in [2.05, 4.69) is 128 Å². The molecule has 190 valence electrons. The molecule has 0 saturated carbocycles. The van der Waals surface area contributed by atoms with Gasteiger partial charge in [-0.3, -0.25) is 0 Å². The molecule has 7 aromatic rings. The maximum atomic E-state index is 2.50. The van der Waals surface area contributed by atoms with Crippen LogP contribution in [0.1, 0.15) is 16.7 Å². The Kier molecular flexibility index (Phi) is 5.28. The topological polar surface area (TPSA) is 4.93 Å². The number of aryl methyl sites for hydroxylation is 3. The first kappa shape index (κ1) is 23.4. The van der Waals surface area contributed by atoms with Crippen LogP contribution in [0.4, 0.5) is 0 Å². The van der Waals surface area contributed by atoms with Crippen molar-refractivity contribution in [2.24, 2.45) is 0 Å². The number of rotatable bonds is 2. The zero-order valence-corrected chi connectivity index (χ0v) is 24.6. The SMILES string of the molecule is Cc1cc(C)c([SH]2c3ccccc3Sc3cc(-n4c5ccccc5c5sc6ccccc6c54)ccc32)c(C)c1. The van der Waals surface area contributed by atoms with Crippen molar-refractivity contribution in [1.29, 1.82) is 0 Å². The summed E-state index contributed by atoms with van der Waals surface area (Å²) in [6.07, 6.45) is 0. The lowest BCUT2D eigenvalue weighted by atomic mass is 10.1. The van der Waals surface area contributed by atoms with Gasteiger partial charge in [0.05, 0.1) is 15.7 Å². The monoisotopic (exact) mass is 557 g/mol. The van der Waals surface area contributed by atoms with Gasteiger partial charge in [-0.25, -0.2) is 0 Å². The maximum absolute atomic E-state index is 2.50. The molecule has 2 aromatic heterocycles. The van der Waals surface area contributed by atoms with Gasteiger partial charge in [0.1, 0.15) is 0 Å². The zero-order valence-electron chi connectivity index (χ0n) is 22.0. The van der Waals surface area contributed by atoms with Gasteiger partial charge in [-0.2, -0.15) is 10.9 Å². The molecule has 1 unspecified atom stereocenters. The quantitative estimate of drug-likeness (QED) is 0.207. The molecule has 3 heterocycles. The predicted octanol–water partition coefficient (Wildman–Crippen LogP) is 10.9. The minimum atomic E-state index is -0.639. The van der Waals surface area contributed by atoms with Crippen LogP contribution in [0.25, 0.3) is 36.9 Å². The Morgan fingerprint density at radius 3 is 2.18 bits per heavy atom. The van der Waals surface area contributed by atoms with Gasteiger partial charge in [-0.05, 0) is 74.4 Å². The molecule has 8 rings (SSSR count). The van der Waals surface area contributed by atoms with Gasteiger partial charge in [0.15, 0.2) is 0 Å². The Morgan fingerprint density at radius 2 is 1.33 bits per heavy atom. The molecule has 1 aliphatic heterocycles. The van der Waals surface area contributed by atoms with E-state index < -0.39 is 10.9 Å². The molecule has 0 saturated heterocycles. The average molecular weight is 558 g/mol. The van der Waals surface area contributed by atoms with Gasteiger partial charge in [0.2, 0.25) is 0 Å². The summed E-state index contributed by atoms with van der Waals surface area (Å²) in [6, 6.07) is 38.7. The summed E-state index contributed by atoms with van der Waals surface area (Å²) < 4.78 is 5.21. The molecular weight excluding hydrogens is 531 g/mol. The Bertz CT molecular complexity index is 2070. The second kappa shape index (κ2) is 8.79. The van der Waals surface area contributed by atoms with Crippen molar-refractivity contribution in [2.45, 2.75) is 45.2 Å². The van der Waals surface area contributed by atoms with Crippen molar-refractivity contribution in [2.75, 3.05) is 0 Å². The zero-order chi connectivity index (χ0) is 26.2. The molecule has 0 N–H and O–H groups in total. The van der Waals surface area contributed by atoms with E-state index in [1.807, 2.05) is 23.1 Å². The van der Waals surface area contributed by atoms with Gasteiger partial charge in [0, 0.05) is 45.6 Å². The van der Waals surface area contributed by atoms with Crippen molar-refractivity contribution < 1.29 is 0 Å². The lowest BCUT2D eigenvalue weighted by Crippen LogP contribution is -2.03. The van der Waals surface area contributed by atoms with Crippen LogP contribution in [0, 0.1) is 20.8 Å². The molecule has 0 amide bonds. The lowest BCUT2D eigenvalue weighted by Gasteiger charge is -2.34. The third-order valence-electron chi connectivity index (χ3n) is 7.81. The summed E-state index contributed by atoms with van der Waals surface area (Å²) in [5.41, 5.74) is 7.98. The summed E-state index contributed by atoms with van der Waals surface area (Å²) in [6.45, 7) is 6.79. The Balaban J connectivity index is 1.40. The van der Waals surface area contributed by atoms with Crippen LogP contribution in [0.15, 0.2) is 128 Å². The van der Waals surface area contributed by atoms with E-state index in [-0.39, 0.29) is 0 Å². The van der Waals surface area contributed by atoms with Crippen molar-refractivity contribution >= 4 is 65.2 Å². The number of thiophene rings is 1. The normalized spacial score (nSPS) is 15.6. The molecule has 0 radical (unpaired) electrons. The van der Waals surface area contributed by atoms with Gasteiger partial charge >= 0.3 is 0 Å². The predicted molar refractivity (Wildman–Crippen MR) is 171 cm³/mol. The van der Waals surface area contributed by atoms with Crippen LogP contribution in [-0.4, -0.2) is 4.57 Å². The number of hydrogen-bond acceptors (Lipinski definition) is 2. The number of aromatic nitrogens is 1. The Hall–Kier alpha value is -3.44. The minimum absolute atomic E-state index is 0.639. The highest BCUT2D eigenvalue weighted by atomic mass is 32.2. The first-order chi connectivity index (χ1) is 19.1. The van der Waals surface area contributed by atoms with Crippen molar-refractivity contribution in [3.63, 3.8) is 0 Å². The highest BCUT2D eigenvalue weighted by Crippen LogP contribution is 2.63. The standard InChI is InChI=1S/C35H27NS3/c1-21-18-22(2)35(23(3)19-21)39-31-15-9-8-14-29(31)37-30-20-24(16-17-32(30)39)36-27-12-6-4-10-25(27)34-33(36)26-11-5-7-13-28(26)38-34/h4-20,39H,1-3H3. The van der Waals surface area contributed by atoms with E-state index in [1.54, 1.807) is 0 Å². The first-order valence-corrected chi connectivity index (χ1v) is 16.3. The van der Waals surface area contributed by atoms with Crippen LogP contribution in [0.5, 0.6) is 0 Å². The van der Waals surface area contributed by atoms with Gasteiger partial charge < -0.3 is 4.57 Å². The van der Waals surface area contributed by atoms with E-state index in [4.69, 9.17) is 0 Å². The van der Waals surface area contributed by atoms with Crippen LogP contribution in [0.2, 0.25) is 0 Å². The molecule has 5 aromatic carbocycles. The fourth-order valence-corrected chi connectivity index (χ4v) is 11.9. The number of thiol groups is 1. The van der Waals surface area contributed by atoms with Crippen molar-refractivity contribution in [1.82, 2.24) is 4.57 Å². The number of benzene rings is 5. The highest BCUT2D eigenvalue weighted by molar-refractivity contribution is 8.18.